The van der Waals surface area contributed by atoms with Crippen molar-refractivity contribution >= 4 is 29.1 Å². The second kappa shape index (κ2) is 5.59. The summed E-state index contributed by atoms with van der Waals surface area (Å²) in [5, 5.41) is -0.0752. The smallest absolute Gasteiger partial charge is 0.228 e. The molecule has 0 heterocycles. The van der Waals surface area contributed by atoms with Crippen molar-refractivity contribution < 1.29 is 4.79 Å². The molecule has 1 atom stereocenters. The van der Waals surface area contributed by atoms with Gasteiger partial charge in [0.05, 0.1) is 5.54 Å². The van der Waals surface area contributed by atoms with Gasteiger partial charge in [-0.3, -0.25) is 4.79 Å². The summed E-state index contributed by atoms with van der Waals surface area (Å²) in [7, 11) is 0. The van der Waals surface area contributed by atoms with Crippen LogP contribution < -0.4 is 0 Å². The molecule has 0 aliphatic rings. The topological polar surface area (TPSA) is 20.3 Å². The van der Waals surface area contributed by atoms with Crippen LogP contribution in [-0.4, -0.2) is 34.1 Å². The average Bonchev–Trinajstić information content (AvgIpc) is 2.11. The number of amides is 1. The minimum atomic E-state index is -0.408. The van der Waals surface area contributed by atoms with Crippen LogP contribution in [0, 0.1) is 5.41 Å². The molecule has 0 aromatic carbocycles. The van der Waals surface area contributed by atoms with Crippen LogP contribution in [0.25, 0.3) is 0 Å². The van der Waals surface area contributed by atoms with Gasteiger partial charge in [0, 0.05) is 23.2 Å². The van der Waals surface area contributed by atoms with E-state index in [9.17, 15) is 4.79 Å². The fourth-order valence-corrected chi connectivity index (χ4v) is 1.62. The molecule has 0 N–H and O–H groups in total. The molecule has 0 fully saturated rings. The summed E-state index contributed by atoms with van der Waals surface area (Å²) in [6, 6.07) is 0. The number of carbonyl (C=O) groups excluding carboxylic acids is 1. The zero-order valence-electron chi connectivity index (χ0n) is 11.1. The molecule has 0 rings (SSSR count). The van der Waals surface area contributed by atoms with Crippen LogP contribution in [0.5, 0.6) is 0 Å². The maximum absolute atomic E-state index is 12.3. The summed E-state index contributed by atoms with van der Waals surface area (Å²) in [5.74, 6) is 0.490. The second-order valence-corrected chi connectivity index (χ2v) is 6.90. The van der Waals surface area contributed by atoms with Crippen molar-refractivity contribution in [2.75, 3.05) is 12.4 Å². The maximum atomic E-state index is 12.3. The van der Waals surface area contributed by atoms with Gasteiger partial charge in [0.15, 0.2) is 0 Å². The van der Waals surface area contributed by atoms with E-state index < -0.39 is 5.41 Å². The standard InChI is InChI=1S/C12H23Cl2NO/c1-9(14)7-15(12(5,6)8-13)10(16)11(2,3)4/h9H,7-8H2,1-6H3. The fraction of sp³-hybridized carbons (Fsp3) is 0.917. The fourth-order valence-electron chi connectivity index (χ4n) is 1.33. The second-order valence-electron chi connectivity index (χ2n) is 5.89. The first kappa shape index (κ1) is 16.1. The van der Waals surface area contributed by atoms with Crippen LogP contribution in [0.1, 0.15) is 41.5 Å². The summed E-state index contributed by atoms with van der Waals surface area (Å²) in [6.45, 7) is 12.1. The van der Waals surface area contributed by atoms with Gasteiger partial charge in [-0.2, -0.15) is 0 Å². The number of carbonyl (C=O) groups is 1. The number of nitrogens with zero attached hydrogens (tertiary/aromatic N) is 1. The van der Waals surface area contributed by atoms with E-state index >= 15 is 0 Å². The number of rotatable bonds is 4. The van der Waals surface area contributed by atoms with Gasteiger partial charge in [0.2, 0.25) is 5.91 Å². The zero-order chi connectivity index (χ0) is 13.1. The van der Waals surface area contributed by atoms with Gasteiger partial charge in [-0.1, -0.05) is 20.8 Å². The molecular formula is C12H23Cl2NO. The lowest BCUT2D eigenvalue weighted by Gasteiger charge is -2.41. The number of halogens is 2. The molecule has 4 heteroatoms. The highest BCUT2D eigenvalue weighted by Crippen LogP contribution is 2.26. The highest BCUT2D eigenvalue weighted by molar-refractivity contribution is 6.20. The Morgan fingerprint density at radius 1 is 1.25 bits per heavy atom. The third kappa shape index (κ3) is 4.50. The highest BCUT2D eigenvalue weighted by atomic mass is 35.5. The van der Waals surface area contributed by atoms with E-state index in [4.69, 9.17) is 23.2 Å². The molecular weight excluding hydrogens is 245 g/mol. The minimum absolute atomic E-state index is 0.0752. The van der Waals surface area contributed by atoms with Crippen molar-refractivity contribution in [3.8, 4) is 0 Å². The van der Waals surface area contributed by atoms with Crippen molar-refractivity contribution in [2.45, 2.75) is 52.5 Å². The molecule has 16 heavy (non-hydrogen) atoms. The van der Waals surface area contributed by atoms with Crippen molar-refractivity contribution in [1.29, 1.82) is 0 Å². The quantitative estimate of drug-likeness (QED) is 0.714. The molecule has 1 unspecified atom stereocenters. The first-order valence-corrected chi connectivity index (χ1v) is 6.51. The van der Waals surface area contributed by atoms with Gasteiger partial charge < -0.3 is 4.90 Å². The first-order valence-electron chi connectivity index (χ1n) is 5.54. The van der Waals surface area contributed by atoms with E-state index in [1.807, 2.05) is 41.5 Å². The third-order valence-corrected chi connectivity index (χ3v) is 3.17. The van der Waals surface area contributed by atoms with Gasteiger partial charge in [0.25, 0.3) is 0 Å². The van der Waals surface area contributed by atoms with E-state index in [0.717, 1.165) is 0 Å². The van der Waals surface area contributed by atoms with E-state index in [1.165, 1.54) is 0 Å². The largest absolute Gasteiger partial charge is 0.334 e. The monoisotopic (exact) mass is 267 g/mol. The highest BCUT2D eigenvalue weighted by Gasteiger charge is 2.36. The Bertz CT molecular complexity index is 244. The lowest BCUT2D eigenvalue weighted by Crippen LogP contribution is -2.54. The zero-order valence-corrected chi connectivity index (χ0v) is 12.6. The summed E-state index contributed by atoms with van der Waals surface area (Å²) in [6.07, 6.45) is 0. The molecule has 0 aliphatic carbocycles. The van der Waals surface area contributed by atoms with Crippen LogP contribution >= 0.6 is 23.2 Å². The van der Waals surface area contributed by atoms with Gasteiger partial charge in [-0.25, -0.2) is 0 Å². The first-order chi connectivity index (χ1) is 7.02. The number of hydrogen-bond acceptors (Lipinski definition) is 1. The Morgan fingerprint density at radius 3 is 1.94 bits per heavy atom. The van der Waals surface area contributed by atoms with Crippen LogP contribution in [0.3, 0.4) is 0 Å². The Hall–Kier alpha value is 0.0500. The molecule has 2 nitrogen and oxygen atoms in total. The predicted octanol–water partition coefficient (Wildman–Crippen LogP) is 3.51. The van der Waals surface area contributed by atoms with E-state index in [0.29, 0.717) is 12.4 Å². The van der Waals surface area contributed by atoms with Crippen LogP contribution in [-0.2, 0) is 4.79 Å². The van der Waals surface area contributed by atoms with Gasteiger partial charge in [0.1, 0.15) is 0 Å². The Morgan fingerprint density at radius 2 is 1.69 bits per heavy atom. The van der Waals surface area contributed by atoms with Crippen molar-refractivity contribution in [1.82, 2.24) is 4.90 Å². The molecule has 0 bridgehead atoms. The van der Waals surface area contributed by atoms with E-state index in [-0.39, 0.29) is 16.8 Å². The van der Waals surface area contributed by atoms with Crippen LogP contribution in [0.4, 0.5) is 0 Å². The van der Waals surface area contributed by atoms with Crippen molar-refractivity contribution in [3.05, 3.63) is 0 Å². The lowest BCUT2D eigenvalue weighted by molar-refractivity contribution is -0.144. The van der Waals surface area contributed by atoms with Gasteiger partial charge in [-0.05, 0) is 20.8 Å². The minimum Gasteiger partial charge on any atom is -0.334 e. The maximum Gasteiger partial charge on any atom is 0.228 e. The Balaban J connectivity index is 5.03. The average molecular weight is 268 g/mol. The van der Waals surface area contributed by atoms with E-state index in [1.54, 1.807) is 4.90 Å². The van der Waals surface area contributed by atoms with Gasteiger partial charge in [-0.15, -0.1) is 23.2 Å². The number of alkyl halides is 2. The molecule has 0 saturated heterocycles. The van der Waals surface area contributed by atoms with Gasteiger partial charge >= 0.3 is 0 Å². The molecule has 0 aromatic heterocycles. The molecule has 96 valence electrons. The molecule has 0 spiro atoms. The normalized spacial score (nSPS) is 14.8. The molecule has 0 saturated carbocycles. The summed E-state index contributed by atoms with van der Waals surface area (Å²) in [4.78, 5) is 14.1. The Kier molecular flexibility index (Phi) is 5.61. The lowest BCUT2D eigenvalue weighted by atomic mass is 9.91. The molecule has 0 radical (unpaired) electrons. The van der Waals surface area contributed by atoms with Crippen LogP contribution in [0.15, 0.2) is 0 Å². The Labute approximate surface area is 109 Å². The van der Waals surface area contributed by atoms with Crippen molar-refractivity contribution in [2.24, 2.45) is 5.41 Å². The predicted molar refractivity (Wildman–Crippen MR) is 71.3 cm³/mol. The summed E-state index contributed by atoms with van der Waals surface area (Å²) in [5.41, 5.74) is -0.774. The van der Waals surface area contributed by atoms with Crippen LogP contribution in [0.2, 0.25) is 0 Å². The van der Waals surface area contributed by atoms with Crippen molar-refractivity contribution in [3.63, 3.8) is 0 Å². The summed E-state index contributed by atoms with van der Waals surface area (Å²) >= 11 is 11.9. The molecule has 0 aromatic rings. The SMILES string of the molecule is CC(Cl)CN(C(=O)C(C)(C)C)C(C)(C)CCl. The van der Waals surface area contributed by atoms with E-state index in [2.05, 4.69) is 0 Å². The number of hydrogen-bond donors (Lipinski definition) is 0. The molecule has 1 amide bonds. The summed E-state index contributed by atoms with van der Waals surface area (Å²) < 4.78 is 0. The third-order valence-electron chi connectivity index (χ3n) is 2.38. The molecule has 0 aliphatic heterocycles.